The van der Waals surface area contributed by atoms with Gasteiger partial charge in [-0.3, -0.25) is 4.79 Å². The zero-order chi connectivity index (χ0) is 13.1. The predicted molar refractivity (Wildman–Crippen MR) is 71.4 cm³/mol. The fraction of sp³-hybridized carbons (Fsp3) is 0.167. The number of halogens is 2. The van der Waals surface area contributed by atoms with E-state index in [2.05, 4.69) is 10.2 Å². The molecular weight excluding hydrogens is 275 g/mol. The SMILES string of the molecule is COc1ccc(Cl)cc1-c1cc(CCl)c(=O)[nH]n1. The molecular formula is C12H10Cl2N2O2. The summed E-state index contributed by atoms with van der Waals surface area (Å²) < 4.78 is 5.23. The van der Waals surface area contributed by atoms with Crippen molar-refractivity contribution in [1.29, 1.82) is 0 Å². The average molecular weight is 285 g/mol. The van der Waals surface area contributed by atoms with Gasteiger partial charge < -0.3 is 4.74 Å². The smallest absolute Gasteiger partial charge is 0.268 e. The number of hydrogen-bond acceptors (Lipinski definition) is 3. The molecule has 94 valence electrons. The second kappa shape index (κ2) is 5.42. The Hall–Kier alpha value is -1.52. The Morgan fingerprint density at radius 2 is 2.17 bits per heavy atom. The third kappa shape index (κ3) is 2.49. The number of H-pyrrole nitrogens is 1. The molecule has 1 N–H and O–H groups in total. The first-order valence-electron chi connectivity index (χ1n) is 5.14. The number of methoxy groups -OCH3 is 1. The first kappa shape index (κ1) is 12.9. The fourth-order valence-electron chi connectivity index (χ4n) is 1.56. The van der Waals surface area contributed by atoms with E-state index in [-0.39, 0.29) is 11.4 Å². The zero-order valence-electron chi connectivity index (χ0n) is 9.54. The van der Waals surface area contributed by atoms with Gasteiger partial charge >= 0.3 is 0 Å². The number of hydrogen-bond donors (Lipinski definition) is 1. The van der Waals surface area contributed by atoms with Crippen LogP contribution in [0.1, 0.15) is 5.56 Å². The molecule has 0 saturated carbocycles. The molecule has 4 nitrogen and oxygen atoms in total. The van der Waals surface area contributed by atoms with E-state index in [9.17, 15) is 4.79 Å². The summed E-state index contributed by atoms with van der Waals surface area (Å²) in [6.45, 7) is 0. The van der Waals surface area contributed by atoms with E-state index >= 15 is 0 Å². The van der Waals surface area contributed by atoms with Crippen LogP contribution in [0.25, 0.3) is 11.3 Å². The fourth-order valence-corrected chi connectivity index (χ4v) is 1.93. The number of ether oxygens (including phenoxy) is 1. The van der Waals surface area contributed by atoms with Crippen molar-refractivity contribution >= 4 is 23.2 Å². The summed E-state index contributed by atoms with van der Waals surface area (Å²) in [5.41, 5.74) is 1.41. The van der Waals surface area contributed by atoms with Crippen molar-refractivity contribution in [2.24, 2.45) is 0 Å². The van der Waals surface area contributed by atoms with Gasteiger partial charge in [-0.25, -0.2) is 5.10 Å². The third-order valence-corrected chi connectivity index (χ3v) is 2.98. The van der Waals surface area contributed by atoms with Gasteiger partial charge in [-0.2, -0.15) is 5.10 Å². The first-order chi connectivity index (χ1) is 8.65. The van der Waals surface area contributed by atoms with Crippen LogP contribution in [0.4, 0.5) is 0 Å². The van der Waals surface area contributed by atoms with Crippen molar-refractivity contribution in [2.45, 2.75) is 5.88 Å². The van der Waals surface area contributed by atoms with Crippen LogP contribution < -0.4 is 10.3 Å². The Morgan fingerprint density at radius 1 is 1.39 bits per heavy atom. The van der Waals surface area contributed by atoms with Gasteiger partial charge in [-0.1, -0.05) is 11.6 Å². The van der Waals surface area contributed by atoms with E-state index < -0.39 is 0 Å². The first-order valence-corrected chi connectivity index (χ1v) is 6.05. The second-order valence-corrected chi connectivity index (χ2v) is 4.29. The van der Waals surface area contributed by atoms with E-state index in [4.69, 9.17) is 27.9 Å². The van der Waals surface area contributed by atoms with Crippen molar-refractivity contribution < 1.29 is 4.74 Å². The number of rotatable bonds is 3. The maximum atomic E-state index is 11.4. The maximum absolute atomic E-state index is 11.4. The normalized spacial score (nSPS) is 10.4. The highest BCUT2D eigenvalue weighted by molar-refractivity contribution is 6.31. The quantitative estimate of drug-likeness (QED) is 0.882. The number of nitrogens with zero attached hydrogens (tertiary/aromatic N) is 1. The van der Waals surface area contributed by atoms with Gasteiger partial charge in [0.25, 0.3) is 5.56 Å². The lowest BCUT2D eigenvalue weighted by Crippen LogP contribution is -2.13. The summed E-state index contributed by atoms with van der Waals surface area (Å²) >= 11 is 11.6. The van der Waals surface area contributed by atoms with Gasteiger partial charge in [-0.05, 0) is 24.3 Å². The summed E-state index contributed by atoms with van der Waals surface area (Å²) in [5.74, 6) is 0.743. The Morgan fingerprint density at radius 3 is 2.83 bits per heavy atom. The minimum absolute atomic E-state index is 0.119. The van der Waals surface area contributed by atoms with E-state index in [0.717, 1.165) is 0 Å². The topological polar surface area (TPSA) is 55.0 Å². The van der Waals surface area contributed by atoms with Crippen LogP contribution in [0, 0.1) is 0 Å². The van der Waals surface area contributed by atoms with E-state index in [1.807, 2.05) is 0 Å². The third-order valence-electron chi connectivity index (χ3n) is 2.46. The highest BCUT2D eigenvalue weighted by atomic mass is 35.5. The molecule has 0 fully saturated rings. The maximum Gasteiger partial charge on any atom is 0.268 e. The molecule has 0 aliphatic carbocycles. The lowest BCUT2D eigenvalue weighted by atomic mass is 10.1. The molecule has 0 radical (unpaired) electrons. The van der Waals surface area contributed by atoms with Crippen LogP contribution in [-0.2, 0) is 5.88 Å². The zero-order valence-corrected chi connectivity index (χ0v) is 11.0. The van der Waals surface area contributed by atoms with E-state index in [0.29, 0.717) is 27.6 Å². The van der Waals surface area contributed by atoms with Crippen LogP contribution in [-0.4, -0.2) is 17.3 Å². The predicted octanol–water partition coefficient (Wildman–Crippen LogP) is 2.84. The summed E-state index contributed by atoms with van der Waals surface area (Å²) in [5, 5.41) is 6.93. The molecule has 2 aromatic rings. The Kier molecular flexibility index (Phi) is 3.89. The van der Waals surface area contributed by atoms with Gasteiger partial charge in [0.15, 0.2) is 0 Å². The lowest BCUT2D eigenvalue weighted by Gasteiger charge is -2.08. The van der Waals surface area contributed by atoms with Crippen LogP contribution in [0.3, 0.4) is 0 Å². The lowest BCUT2D eigenvalue weighted by molar-refractivity contribution is 0.416. The molecule has 1 aromatic carbocycles. The number of nitrogens with one attached hydrogen (secondary N) is 1. The molecule has 0 amide bonds. The van der Waals surface area contributed by atoms with E-state index in [1.54, 1.807) is 31.4 Å². The van der Waals surface area contributed by atoms with Crippen LogP contribution in [0.2, 0.25) is 5.02 Å². The molecule has 18 heavy (non-hydrogen) atoms. The molecule has 0 spiro atoms. The Labute approximate surface area is 114 Å². The standard InChI is InChI=1S/C12H10Cl2N2O2/c1-18-11-3-2-8(14)5-9(11)10-4-7(6-13)12(17)16-15-10/h2-5H,6H2,1H3,(H,16,17). The van der Waals surface area contributed by atoms with Crippen molar-refractivity contribution in [3.8, 4) is 17.0 Å². The molecule has 1 aromatic heterocycles. The molecule has 6 heteroatoms. The summed E-state index contributed by atoms with van der Waals surface area (Å²) in [4.78, 5) is 11.4. The largest absolute Gasteiger partial charge is 0.496 e. The number of benzene rings is 1. The van der Waals surface area contributed by atoms with Crippen LogP contribution in [0.15, 0.2) is 29.1 Å². The average Bonchev–Trinajstić information content (AvgIpc) is 2.39. The number of aromatic amines is 1. The van der Waals surface area contributed by atoms with Gasteiger partial charge in [0.05, 0.1) is 18.7 Å². The second-order valence-electron chi connectivity index (χ2n) is 3.59. The van der Waals surface area contributed by atoms with Gasteiger partial charge in [0.2, 0.25) is 0 Å². The molecule has 1 heterocycles. The molecule has 0 unspecified atom stereocenters. The van der Waals surface area contributed by atoms with Gasteiger partial charge in [0.1, 0.15) is 5.75 Å². The molecule has 0 bridgehead atoms. The summed E-state index contributed by atoms with van der Waals surface area (Å²) in [6.07, 6.45) is 0. The number of alkyl halides is 1. The van der Waals surface area contributed by atoms with E-state index in [1.165, 1.54) is 0 Å². The van der Waals surface area contributed by atoms with Crippen LogP contribution in [0.5, 0.6) is 5.75 Å². The highest BCUT2D eigenvalue weighted by Gasteiger charge is 2.10. The van der Waals surface area contributed by atoms with Crippen molar-refractivity contribution in [3.05, 3.63) is 45.2 Å². The molecule has 0 aliphatic heterocycles. The molecule has 0 atom stereocenters. The molecule has 0 aliphatic rings. The van der Waals surface area contributed by atoms with Gasteiger partial charge in [0, 0.05) is 16.1 Å². The van der Waals surface area contributed by atoms with Gasteiger partial charge in [-0.15, -0.1) is 11.6 Å². The minimum atomic E-state index is -0.297. The van der Waals surface area contributed by atoms with Crippen molar-refractivity contribution in [2.75, 3.05) is 7.11 Å². The van der Waals surface area contributed by atoms with Crippen molar-refractivity contribution in [1.82, 2.24) is 10.2 Å². The minimum Gasteiger partial charge on any atom is -0.496 e. The molecule has 0 saturated heterocycles. The Bertz CT molecular complexity index is 626. The van der Waals surface area contributed by atoms with Crippen LogP contribution >= 0.6 is 23.2 Å². The monoisotopic (exact) mass is 284 g/mol. The van der Waals surface area contributed by atoms with Crippen molar-refractivity contribution in [3.63, 3.8) is 0 Å². The molecule has 2 rings (SSSR count). The number of aromatic nitrogens is 2. The summed E-state index contributed by atoms with van der Waals surface area (Å²) in [6, 6.07) is 6.81. The highest BCUT2D eigenvalue weighted by Crippen LogP contribution is 2.30. The Balaban J connectivity index is 2.61. The summed E-state index contributed by atoms with van der Waals surface area (Å²) in [7, 11) is 1.56.